The highest BCUT2D eigenvalue weighted by atomic mass is 19.1. The molecule has 0 amide bonds. The molecule has 2 rings (SSSR count). The van der Waals surface area contributed by atoms with E-state index in [1.807, 2.05) is 30.3 Å². The largest absolute Gasteiger partial charge is 0.294 e. The highest BCUT2D eigenvalue weighted by molar-refractivity contribution is 5.97. The summed E-state index contributed by atoms with van der Waals surface area (Å²) in [6, 6.07) is 14.9. The van der Waals surface area contributed by atoms with Crippen LogP contribution in [-0.2, 0) is 6.42 Å². The number of hydrogen-bond donors (Lipinski definition) is 0. The van der Waals surface area contributed by atoms with E-state index < -0.39 is 5.82 Å². The fourth-order valence-electron chi connectivity index (χ4n) is 1.66. The van der Waals surface area contributed by atoms with Gasteiger partial charge in [0.2, 0.25) is 0 Å². The van der Waals surface area contributed by atoms with Gasteiger partial charge in [0.1, 0.15) is 11.9 Å². The van der Waals surface area contributed by atoms with Crippen molar-refractivity contribution in [3.63, 3.8) is 0 Å². The number of nitriles is 1. The first kappa shape index (κ1) is 12.0. The van der Waals surface area contributed by atoms with Crippen LogP contribution in [0.15, 0.2) is 48.5 Å². The van der Waals surface area contributed by atoms with E-state index in [1.54, 1.807) is 6.07 Å². The average molecular weight is 239 g/mol. The number of halogens is 1. The van der Waals surface area contributed by atoms with E-state index in [0.29, 0.717) is 0 Å². The standard InChI is InChI=1S/C15H10FNO/c16-14-9-12(6-7-13(14)10-17)15(18)8-11-4-2-1-3-5-11/h1-7,9H,8H2. The van der Waals surface area contributed by atoms with Gasteiger partial charge in [-0.1, -0.05) is 30.3 Å². The molecule has 2 aromatic carbocycles. The molecular weight excluding hydrogens is 229 g/mol. The monoisotopic (exact) mass is 239 g/mol. The van der Waals surface area contributed by atoms with Gasteiger partial charge in [-0.2, -0.15) is 5.26 Å². The van der Waals surface area contributed by atoms with E-state index in [0.717, 1.165) is 11.6 Å². The number of ketones is 1. The van der Waals surface area contributed by atoms with Gasteiger partial charge < -0.3 is 0 Å². The van der Waals surface area contributed by atoms with Crippen LogP contribution in [0.3, 0.4) is 0 Å². The molecule has 0 bridgehead atoms. The van der Waals surface area contributed by atoms with Gasteiger partial charge >= 0.3 is 0 Å². The lowest BCUT2D eigenvalue weighted by Crippen LogP contribution is -2.04. The highest BCUT2D eigenvalue weighted by Gasteiger charge is 2.10. The van der Waals surface area contributed by atoms with E-state index in [1.165, 1.54) is 12.1 Å². The highest BCUT2D eigenvalue weighted by Crippen LogP contribution is 2.12. The van der Waals surface area contributed by atoms with Crippen LogP contribution in [0.5, 0.6) is 0 Å². The molecule has 0 radical (unpaired) electrons. The zero-order valence-electron chi connectivity index (χ0n) is 9.56. The fourth-order valence-corrected chi connectivity index (χ4v) is 1.66. The van der Waals surface area contributed by atoms with E-state index >= 15 is 0 Å². The third kappa shape index (κ3) is 2.61. The summed E-state index contributed by atoms with van der Waals surface area (Å²) in [5.41, 5.74) is 1.12. The van der Waals surface area contributed by atoms with Crippen molar-refractivity contribution in [2.75, 3.05) is 0 Å². The Balaban J connectivity index is 2.20. The second kappa shape index (κ2) is 5.24. The Bertz CT molecular complexity index is 614. The maximum atomic E-state index is 13.4. The maximum Gasteiger partial charge on any atom is 0.167 e. The minimum absolute atomic E-state index is 0.0498. The van der Waals surface area contributed by atoms with Crippen molar-refractivity contribution in [1.29, 1.82) is 5.26 Å². The minimum atomic E-state index is -0.656. The molecule has 2 aromatic rings. The average Bonchev–Trinajstić information content (AvgIpc) is 2.39. The summed E-state index contributed by atoms with van der Waals surface area (Å²) >= 11 is 0. The zero-order chi connectivity index (χ0) is 13.0. The zero-order valence-corrected chi connectivity index (χ0v) is 9.56. The first-order valence-corrected chi connectivity index (χ1v) is 5.47. The Kier molecular flexibility index (Phi) is 3.49. The summed E-state index contributed by atoms with van der Waals surface area (Å²) in [6.07, 6.45) is 0.228. The Hall–Kier alpha value is -2.47. The molecule has 3 heteroatoms. The van der Waals surface area contributed by atoms with Crippen LogP contribution in [0.4, 0.5) is 4.39 Å². The van der Waals surface area contributed by atoms with Gasteiger partial charge in [-0.05, 0) is 23.8 Å². The van der Waals surface area contributed by atoms with Crippen molar-refractivity contribution < 1.29 is 9.18 Å². The molecule has 0 fully saturated rings. The fraction of sp³-hybridized carbons (Fsp3) is 0.0667. The van der Waals surface area contributed by atoms with E-state index in [-0.39, 0.29) is 23.3 Å². The molecule has 0 atom stereocenters. The van der Waals surface area contributed by atoms with Gasteiger partial charge in [-0.15, -0.1) is 0 Å². The molecule has 0 spiro atoms. The predicted octanol–water partition coefficient (Wildman–Crippen LogP) is 3.12. The lowest BCUT2D eigenvalue weighted by Gasteiger charge is -2.02. The number of benzene rings is 2. The summed E-state index contributed by atoms with van der Waals surface area (Å²) in [4.78, 5) is 11.9. The Labute approximate surface area is 104 Å². The first-order valence-electron chi connectivity index (χ1n) is 5.47. The van der Waals surface area contributed by atoms with Gasteiger partial charge in [0.15, 0.2) is 5.78 Å². The molecule has 0 aliphatic carbocycles. The lowest BCUT2D eigenvalue weighted by molar-refractivity contribution is 0.0992. The molecule has 0 aromatic heterocycles. The SMILES string of the molecule is N#Cc1ccc(C(=O)Cc2ccccc2)cc1F. The molecular formula is C15H10FNO. The number of hydrogen-bond acceptors (Lipinski definition) is 2. The van der Waals surface area contributed by atoms with Crippen molar-refractivity contribution in [1.82, 2.24) is 0 Å². The Morgan fingerprint density at radius 1 is 1.17 bits per heavy atom. The van der Waals surface area contributed by atoms with Crippen molar-refractivity contribution in [3.8, 4) is 6.07 Å². The van der Waals surface area contributed by atoms with E-state index in [2.05, 4.69) is 0 Å². The van der Waals surface area contributed by atoms with Gasteiger partial charge in [-0.3, -0.25) is 4.79 Å². The summed E-state index contributed by atoms with van der Waals surface area (Å²) in [6.45, 7) is 0. The molecule has 0 aliphatic heterocycles. The Morgan fingerprint density at radius 2 is 1.89 bits per heavy atom. The number of Topliss-reactive ketones (excluding diaryl/α,β-unsaturated/α-hetero) is 1. The normalized spacial score (nSPS) is 9.78. The van der Waals surface area contributed by atoms with Crippen LogP contribution in [-0.4, -0.2) is 5.78 Å². The maximum absolute atomic E-state index is 13.4. The van der Waals surface area contributed by atoms with Crippen LogP contribution < -0.4 is 0 Å². The van der Waals surface area contributed by atoms with Crippen molar-refractivity contribution >= 4 is 5.78 Å². The molecule has 0 unspecified atom stereocenters. The number of rotatable bonds is 3. The third-order valence-electron chi connectivity index (χ3n) is 2.62. The predicted molar refractivity (Wildman–Crippen MR) is 65.6 cm³/mol. The van der Waals surface area contributed by atoms with Crippen LogP contribution in [0.25, 0.3) is 0 Å². The van der Waals surface area contributed by atoms with Crippen molar-refractivity contribution in [2.45, 2.75) is 6.42 Å². The van der Waals surface area contributed by atoms with Crippen LogP contribution in [0.2, 0.25) is 0 Å². The van der Waals surface area contributed by atoms with Crippen molar-refractivity contribution in [2.24, 2.45) is 0 Å². The van der Waals surface area contributed by atoms with E-state index in [9.17, 15) is 9.18 Å². The second-order valence-corrected chi connectivity index (χ2v) is 3.89. The van der Waals surface area contributed by atoms with Gasteiger partial charge in [0.25, 0.3) is 0 Å². The molecule has 0 saturated carbocycles. The molecule has 2 nitrogen and oxygen atoms in total. The lowest BCUT2D eigenvalue weighted by atomic mass is 10.0. The van der Waals surface area contributed by atoms with Gasteiger partial charge in [0, 0.05) is 12.0 Å². The second-order valence-electron chi connectivity index (χ2n) is 3.89. The van der Waals surface area contributed by atoms with Crippen LogP contribution >= 0.6 is 0 Å². The quantitative estimate of drug-likeness (QED) is 0.772. The first-order chi connectivity index (χ1) is 8.70. The number of carbonyl (C=O) groups excluding carboxylic acids is 1. The summed E-state index contributed by atoms with van der Waals surface area (Å²) in [5, 5.41) is 8.61. The molecule has 18 heavy (non-hydrogen) atoms. The van der Waals surface area contributed by atoms with Gasteiger partial charge in [-0.25, -0.2) is 4.39 Å². The van der Waals surface area contributed by atoms with Crippen LogP contribution in [0, 0.1) is 17.1 Å². The molecule has 0 heterocycles. The molecule has 88 valence electrons. The van der Waals surface area contributed by atoms with E-state index in [4.69, 9.17) is 5.26 Å². The summed E-state index contributed by atoms with van der Waals surface area (Å²) < 4.78 is 13.4. The summed E-state index contributed by atoms with van der Waals surface area (Å²) in [5.74, 6) is -0.819. The van der Waals surface area contributed by atoms with Crippen LogP contribution in [0.1, 0.15) is 21.5 Å². The third-order valence-corrected chi connectivity index (χ3v) is 2.62. The summed E-state index contributed by atoms with van der Waals surface area (Å²) in [7, 11) is 0. The van der Waals surface area contributed by atoms with Crippen molar-refractivity contribution in [3.05, 3.63) is 71.0 Å². The topological polar surface area (TPSA) is 40.9 Å². The smallest absolute Gasteiger partial charge is 0.167 e. The molecule has 0 aliphatic rings. The Morgan fingerprint density at radius 3 is 2.50 bits per heavy atom. The number of carbonyl (C=O) groups is 1. The minimum Gasteiger partial charge on any atom is -0.294 e. The molecule has 0 saturated heterocycles. The number of nitrogens with zero attached hydrogens (tertiary/aromatic N) is 1. The van der Waals surface area contributed by atoms with Gasteiger partial charge in [0.05, 0.1) is 5.56 Å². The molecule has 0 N–H and O–H groups in total.